The number of nitrogens with zero attached hydrogens (tertiary/aromatic N) is 2. The van der Waals surface area contributed by atoms with Gasteiger partial charge in [-0.1, -0.05) is 20.8 Å². The lowest BCUT2D eigenvalue weighted by atomic mass is 9.94. The van der Waals surface area contributed by atoms with Crippen LogP contribution in [0.15, 0.2) is 18.2 Å². The molecule has 1 aromatic carbocycles. The minimum Gasteiger partial charge on any atom is -0.496 e. The Kier molecular flexibility index (Phi) is 5.47. The fourth-order valence-corrected chi connectivity index (χ4v) is 2.79. The number of rotatable bonds is 3. The van der Waals surface area contributed by atoms with Crippen molar-refractivity contribution in [3.8, 4) is 5.75 Å². The second-order valence-corrected chi connectivity index (χ2v) is 7.06. The lowest BCUT2D eigenvalue weighted by molar-refractivity contribution is -0.144. The third kappa shape index (κ3) is 4.24. The zero-order valence-corrected chi connectivity index (χ0v) is 14.8. The van der Waals surface area contributed by atoms with E-state index in [9.17, 15) is 14.0 Å². The molecule has 0 radical (unpaired) electrons. The van der Waals surface area contributed by atoms with Gasteiger partial charge in [0, 0.05) is 37.2 Å². The molecular formula is C18H25FN2O3. The average Bonchev–Trinajstić information content (AvgIpc) is 2.53. The number of halogens is 1. The van der Waals surface area contributed by atoms with Crippen LogP contribution in [0.5, 0.6) is 5.75 Å². The van der Waals surface area contributed by atoms with Crippen LogP contribution in [-0.4, -0.2) is 54.9 Å². The average molecular weight is 336 g/mol. The molecular weight excluding hydrogens is 311 g/mol. The van der Waals surface area contributed by atoms with Crippen molar-refractivity contribution >= 4 is 11.8 Å². The molecule has 0 spiro atoms. The van der Waals surface area contributed by atoms with Gasteiger partial charge in [0.25, 0.3) is 0 Å². The minimum absolute atomic E-state index is 0.0817. The molecule has 1 heterocycles. The molecule has 0 atom stereocenters. The van der Waals surface area contributed by atoms with Crippen molar-refractivity contribution in [2.45, 2.75) is 27.2 Å². The molecule has 1 fully saturated rings. The molecule has 132 valence electrons. The number of ether oxygens (including phenoxy) is 1. The number of hydrogen-bond donors (Lipinski definition) is 0. The van der Waals surface area contributed by atoms with Crippen LogP contribution in [0.4, 0.5) is 4.39 Å². The largest absolute Gasteiger partial charge is 0.496 e. The summed E-state index contributed by atoms with van der Waals surface area (Å²) in [6, 6.07) is 4.16. The molecule has 1 saturated heterocycles. The SMILES string of the molecule is COc1ccc(F)cc1CC(=O)N1CCN(C(=O)C(C)(C)C)CC1. The molecule has 1 aliphatic rings. The van der Waals surface area contributed by atoms with E-state index in [1.54, 1.807) is 9.80 Å². The van der Waals surface area contributed by atoms with Crippen LogP contribution in [-0.2, 0) is 16.0 Å². The van der Waals surface area contributed by atoms with Crippen molar-refractivity contribution in [1.82, 2.24) is 9.80 Å². The van der Waals surface area contributed by atoms with E-state index in [-0.39, 0.29) is 24.1 Å². The van der Waals surface area contributed by atoms with Crippen molar-refractivity contribution in [2.75, 3.05) is 33.3 Å². The van der Waals surface area contributed by atoms with E-state index in [0.29, 0.717) is 37.5 Å². The van der Waals surface area contributed by atoms with E-state index in [1.807, 2.05) is 20.8 Å². The molecule has 0 N–H and O–H groups in total. The van der Waals surface area contributed by atoms with E-state index >= 15 is 0 Å². The van der Waals surface area contributed by atoms with Crippen molar-refractivity contribution in [1.29, 1.82) is 0 Å². The summed E-state index contributed by atoms with van der Waals surface area (Å²) in [6.07, 6.45) is 0.0914. The first-order valence-corrected chi connectivity index (χ1v) is 8.12. The number of hydrogen-bond acceptors (Lipinski definition) is 3. The van der Waals surface area contributed by atoms with Gasteiger partial charge in [0.2, 0.25) is 11.8 Å². The molecule has 24 heavy (non-hydrogen) atoms. The van der Waals surface area contributed by atoms with Gasteiger partial charge in [-0.3, -0.25) is 9.59 Å². The summed E-state index contributed by atoms with van der Waals surface area (Å²) in [5, 5.41) is 0. The second-order valence-electron chi connectivity index (χ2n) is 7.06. The lowest BCUT2D eigenvalue weighted by Gasteiger charge is -2.37. The molecule has 1 aromatic rings. The number of methoxy groups -OCH3 is 1. The summed E-state index contributed by atoms with van der Waals surface area (Å²) >= 11 is 0. The van der Waals surface area contributed by atoms with Crippen molar-refractivity contribution in [3.63, 3.8) is 0 Å². The third-order valence-electron chi connectivity index (χ3n) is 4.15. The van der Waals surface area contributed by atoms with E-state index in [4.69, 9.17) is 4.74 Å². The van der Waals surface area contributed by atoms with E-state index < -0.39 is 5.41 Å². The van der Waals surface area contributed by atoms with Gasteiger partial charge in [-0.2, -0.15) is 0 Å². The fourth-order valence-electron chi connectivity index (χ4n) is 2.79. The molecule has 0 saturated carbocycles. The van der Waals surface area contributed by atoms with Crippen molar-refractivity contribution < 1.29 is 18.7 Å². The first-order chi connectivity index (χ1) is 11.2. The Hall–Kier alpha value is -2.11. The summed E-state index contributed by atoms with van der Waals surface area (Å²) in [5.74, 6) is 0.133. The van der Waals surface area contributed by atoms with Crippen LogP contribution >= 0.6 is 0 Å². The van der Waals surface area contributed by atoms with Crippen molar-refractivity contribution in [2.24, 2.45) is 5.41 Å². The fraction of sp³-hybridized carbons (Fsp3) is 0.556. The van der Waals surface area contributed by atoms with Crippen LogP contribution in [0.1, 0.15) is 26.3 Å². The molecule has 0 bridgehead atoms. The first kappa shape index (κ1) is 18.2. The molecule has 6 heteroatoms. The van der Waals surface area contributed by atoms with Gasteiger partial charge < -0.3 is 14.5 Å². The van der Waals surface area contributed by atoms with Crippen LogP contribution < -0.4 is 4.74 Å². The highest BCUT2D eigenvalue weighted by Crippen LogP contribution is 2.22. The minimum atomic E-state index is -0.416. The third-order valence-corrected chi connectivity index (χ3v) is 4.15. The summed E-state index contributed by atoms with van der Waals surface area (Å²) in [5.41, 5.74) is 0.122. The van der Waals surface area contributed by atoms with Crippen LogP contribution in [0.25, 0.3) is 0 Å². The second kappa shape index (κ2) is 7.20. The zero-order chi connectivity index (χ0) is 17.9. The Morgan fingerprint density at radius 1 is 1.12 bits per heavy atom. The maximum atomic E-state index is 13.4. The Bertz CT molecular complexity index is 617. The topological polar surface area (TPSA) is 49.9 Å². The molecule has 2 rings (SSSR count). The van der Waals surface area contributed by atoms with Gasteiger partial charge in [0.15, 0.2) is 0 Å². The lowest BCUT2D eigenvalue weighted by Crippen LogP contribution is -2.53. The number of amides is 2. The van der Waals surface area contributed by atoms with Gasteiger partial charge in [0.05, 0.1) is 13.5 Å². The zero-order valence-electron chi connectivity index (χ0n) is 14.8. The summed E-state index contributed by atoms with van der Waals surface area (Å²) in [4.78, 5) is 28.3. The quantitative estimate of drug-likeness (QED) is 0.849. The highest BCUT2D eigenvalue weighted by Gasteiger charge is 2.30. The number of benzene rings is 1. The van der Waals surface area contributed by atoms with Crippen molar-refractivity contribution in [3.05, 3.63) is 29.6 Å². The number of carbonyl (C=O) groups excluding carboxylic acids is 2. The van der Waals surface area contributed by atoms with Gasteiger partial charge in [-0.15, -0.1) is 0 Å². The number of piperazine rings is 1. The maximum Gasteiger partial charge on any atom is 0.228 e. The highest BCUT2D eigenvalue weighted by atomic mass is 19.1. The maximum absolute atomic E-state index is 13.4. The van der Waals surface area contributed by atoms with Crippen LogP contribution in [0.2, 0.25) is 0 Å². The van der Waals surface area contributed by atoms with Gasteiger partial charge in [-0.05, 0) is 18.2 Å². The molecule has 0 aromatic heterocycles. The van der Waals surface area contributed by atoms with Crippen LogP contribution in [0.3, 0.4) is 0 Å². The van der Waals surface area contributed by atoms with Crippen LogP contribution in [0, 0.1) is 11.2 Å². The smallest absolute Gasteiger partial charge is 0.228 e. The summed E-state index contributed by atoms with van der Waals surface area (Å²) < 4.78 is 18.6. The Morgan fingerprint density at radius 3 is 2.25 bits per heavy atom. The molecule has 5 nitrogen and oxygen atoms in total. The van der Waals surface area contributed by atoms with E-state index in [2.05, 4.69) is 0 Å². The molecule has 2 amide bonds. The Labute approximate surface area is 142 Å². The van der Waals surface area contributed by atoms with E-state index in [0.717, 1.165) is 0 Å². The monoisotopic (exact) mass is 336 g/mol. The first-order valence-electron chi connectivity index (χ1n) is 8.12. The van der Waals surface area contributed by atoms with Gasteiger partial charge in [0.1, 0.15) is 11.6 Å². The standard InChI is InChI=1S/C18H25FN2O3/c1-18(2,3)17(23)21-9-7-20(8-10-21)16(22)12-13-11-14(19)5-6-15(13)24-4/h5-6,11H,7-10,12H2,1-4H3. The molecule has 0 unspecified atom stereocenters. The molecule has 1 aliphatic heterocycles. The van der Waals surface area contributed by atoms with Gasteiger partial charge in [-0.25, -0.2) is 4.39 Å². The normalized spacial score (nSPS) is 15.4. The highest BCUT2D eigenvalue weighted by molar-refractivity contribution is 5.83. The Morgan fingerprint density at radius 2 is 1.71 bits per heavy atom. The Balaban J connectivity index is 1.96. The van der Waals surface area contributed by atoms with Gasteiger partial charge >= 0.3 is 0 Å². The number of carbonyl (C=O) groups is 2. The van der Waals surface area contributed by atoms with E-state index in [1.165, 1.54) is 25.3 Å². The predicted molar refractivity (Wildman–Crippen MR) is 89.3 cm³/mol. The summed E-state index contributed by atoms with van der Waals surface area (Å²) in [7, 11) is 1.50. The predicted octanol–water partition coefficient (Wildman–Crippen LogP) is 2.09. The molecule has 0 aliphatic carbocycles. The summed E-state index contributed by atoms with van der Waals surface area (Å²) in [6.45, 7) is 7.73.